The van der Waals surface area contributed by atoms with Crippen molar-refractivity contribution in [3.63, 3.8) is 0 Å². The standard InChI is InChI=1S/C25H43N3O2/c1-4-5-6-7-8-9-10-11-12-13-14-15-16-17-24(29)27-28-25(30)22-18-19-26-23(20-22)21(2)3/h18-21H,4-17H2,1-3H3,(H,27,29)(H,28,30). The number of aromatic nitrogens is 1. The Labute approximate surface area is 183 Å². The van der Waals surface area contributed by atoms with Crippen molar-refractivity contribution >= 4 is 11.8 Å². The molecule has 0 radical (unpaired) electrons. The fourth-order valence-corrected chi connectivity index (χ4v) is 3.47. The summed E-state index contributed by atoms with van der Waals surface area (Å²) >= 11 is 0. The molecule has 0 spiro atoms. The number of carbonyl (C=O) groups is 2. The van der Waals surface area contributed by atoms with Crippen LogP contribution in [0, 0.1) is 0 Å². The molecule has 0 unspecified atom stereocenters. The van der Waals surface area contributed by atoms with Crippen LogP contribution in [0.5, 0.6) is 0 Å². The number of hydrazine groups is 1. The molecule has 5 heteroatoms. The molecule has 1 rings (SSSR count). The van der Waals surface area contributed by atoms with Crippen molar-refractivity contribution in [1.82, 2.24) is 15.8 Å². The molecular weight excluding hydrogens is 374 g/mol. The highest BCUT2D eigenvalue weighted by Crippen LogP contribution is 2.13. The van der Waals surface area contributed by atoms with E-state index >= 15 is 0 Å². The predicted octanol–water partition coefficient (Wildman–Crippen LogP) is 6.45. The van der Waals surface area contributed by atoms with Crippen LogP contribution in [0.25, 0.3) is 0 Å². The van der Waals surface area contributed by atoms with Crippen LogP contribution in [0.3, 0.4) is 0 Å². The van der Waals surface area contributed by atoms with E-state index in [-0.39, 0.29) is 17.7 Å². The third kappa shape index (κ3) is 12.6. The molecule has 0 atom stereocenters. The van der Waals surface area contributed by atoms with Crippen molar-refractivity contribution in [1.29, 1.82) is 0 Å². The van der Waals surface area contributed by atoms with E-state index in [1.165, 1.54) is 70.6 Å². The third-order valence-corrected chi connectivity index (χ3v) is 5.46. The first-order valence-electron chi connectivity index (χ1n) is 12.1. The van der Waals surface area contributed by atoms with Crippen LogP contribution in [-0.2, 0) is 4.79 Å². The Balaban J connectivity index is 1.99. The van der Waals surface area contributed by atoms with Crippen molar-refractivity contribution in [2.45, 2.75) is 117 Å². The average molecular weight is 418 g/mol. The molecule has 2 amide bonds. The van der Waals surface area contributed by atoms with Gasteiger partial charge in [-0.1, -0.05) is 97.8 Å². The van der Waals surface area contributed by atoms with Gasteiger partial charge in [0.25, 0.3) is 5.91 Å². The highest BCUT2D eigenvalue weighted by Gasteiger charge is 2.10. The Morgan fingerprint density at radius 3 is 1.90 bits per heavy atom. The summed E-state index contributed by atoms with van der Waals surface area (Å²) in [5.74, 6) is -0.189. The molecule has 0 bridgehead atoms. The van der Waals surface area contributed by atoms with E-state index in [1.54, 1.807) is 18.3 Å². The lowest BCUT2D eigenvalue weighted by Crippen LogP contribution is -2.41. The van der Waals surface area contributed by atoms with Crippen LogP contribution in [0.15, 0.2) is 18.3 Å². The maximum absolute atomic E-state index is 12.2. The summed E-state index contributed by atoms with van der Waals surface area (Å²) in [7, 11) is 0. The SMILES string of the molecule is CCCCCCCCCCCCCCCC(=O)NNC(=O)c1ccnc(C(C)C)c1. The van der Waals surface area contributed by atoms with Crippen molar-refractivity contribution in [3.05, 3.63) is 29.6 Å². The highest BCUT2D eigenvalue weighted by molar-refractivity contribution is 5.95. The van der Waals surface area contributed by atoms with Gasteiger partial charge < -0.3 is 0 Å². The second-order valence-electron chi connectivity index (χ2n) is 8.62. The van der Waals surface area contributed by atoms with Crippen LogP contribution in [0.4, 0.5) is 0 Å². The van der Waals surface area contributed by atoms with Gasteiger partial charge in [-0.15, -0.1) is 0 Å². The first-order chi connectivity index (χ1) is 14.5. The summed E-state index contributed by atoms with van der Waals surface area (Å²) in [5.41, 5.74) is 6.38. The first kappa shape index (κ1) is 26.1. The Bertz CT molecular complexity index is 602. The minimum absolute atomic E-state index is 0.135. The molecule has 2 N–H and O–H groups in total. The van der Waals surface area contributed by atoms with E-state index < -0.39 is 0 Å². The summed E-state index contributed by atoms with van der Waals surface area (Å²) in [4.78, 5) is 28.3. The lowest BCUT2D eigenvalue weighted by atomic mass is 10.0. The molecule has 0 aliphatic rings. The van der Waals surface area contributed by atoms with E-state index in [1.807, 2.05) is 13.8 Å². The Hall–Kier alpha value is -1.91. The number of carbonyl (C=O) groups excluding carboxylic acids is 2. The van der Waals surface area contributed by atoms with Crippen LogP contribution in [0.2, 0.25) is 0 Å². The zero-order valence-corrected chi connectivity index (χ0v) is 19.5. The van der Waals surface area contributed by atoms with E-state index in [2.05, 4.69) is 22.8 Å². The minimum Gasteiger partial charge on any atom is -0.273 e. The number of hydrogen-bond donors (Lipinski definition) is 2. The van der Waals surface area contributed by atoms with Crippen LogP contribution in [0.1, 0.15) is 133 Å². The normalized spacial score (nSPS) is 10.9. The number of hydrogen-bond acceptors (Lipinski definition) is 3. The maximum Gasteiger partial charge on any atom is 0.269 e. The van der Waals surface area contributed by atoms with Gasteiger partial charge in [0.2, 0.25) is 5.91 Å². The topological polar surface area (TPSA) is 71.1 Å². The summed E-state index contributed by atoms with van der Waals surface area (Å²) < 4.78 is 0. The number of nitrogens with zero attached hydrogens (tertiary/aromatic N) is 1. The van der Waals surface area contributed by atoms with Crippen molar-refractivity contribution in [3.8, 4) is 0 Å². The monoisotopic (exact) mass is 417 g/mol. The van der Waals surface area contributed by atoms with Crippen LogP contribution >= 0.6 is 0 Å². The zero-order chi connectivity index (χ0) is 22.0. The van der Waals surface area contributed by atoms with Gasteiger partial charge in [0.05, 0.1) is 0 Å². The second-order valence-corrected chi connectivity index (χ2v) is 8.62. The minimum atomic E-state index is -0.307. The van der Waals surface area contributed by atoms with Gasteiger partial charge in [-0.05, 0) is 24.5 Å². The Morgan fingerprint density at radius 1 is 0.833 bits per heavy atom. The first-order valence-corrected chi connectivity index (χ1v) is 12.1. The molecule has 0 saturated carbocycles. The van der Waals surface area contributed by atoms with Crippen molar-refractivity contribution < 1.29 is 9.59 Å². The molecule has 1 aromatic rings. The third-order valence-electron chi connectivity index (χ3n) is 5.46. The second kappa shape index (κ2) is 16.8. The molecule has 5 nitrogen and oxygen atoms in total. The Kier molecular flexibility index (Phi) is 14.7. The van der Waals surface area contributed by atoms with E-state index in [0.29, 0.717) is 12.0 Å². The molecular formula is C25H43N3O2. The van der Waals surface area contributed by atoms with Gasteiger partial charge in [-0.2, -0.15) is 0 Å². The molecule has 0 fully saturated rings. The van der Waals surface area contributed by atoms with Gasteiger partial charge in [0.1, 0.15) is 0 Å². The molecule has 1 aromatic heterocycles. The molecule has 0 saturated heterocycles. The number of rotatable bonds is 16. The van der Waals surface area contributed by atoms with E-state index in [9.17, 15) is 9.59 Å². The number of nitrogens with one attached hydrogen (secondary N) is 2. The lowest BCUT2D eigenvalue weighted by molar-refractivity contribution is -0.122. The number of pyridine rings is 1. The quantitative estimate of drug-likeness (QED) is 0.240. The lowest BCUT2D eigenvalue weighted by Gasteiger charge is -2.09. The molecule has 0 aliphatic heterocycles. The number of amides is 2. The zero-order valence-electron chi connectivity index (χ0n) is 19.5. The number of unbranched alkanes of at least 4 members (excludes halogenated alkanes) is 12. The van der Waals surface area contributed by atoms with Gasteiger partial charge in [0.15, 0.2) is 0 Å². The van der Waals surface area contributed by atoms with Gasteiger partial charge in [-0.3, -0.25) is 25.4 Å². The van der Waals surface area contributed by atoms with E-state index in [0.717, 1.165) is 18.5 Å². The van der Waals surface area contributed by atoms with Crippen molar-refractivity contribution in [2.24, 2.45) is 0 Å². The molecule has 0 aliphatic carbocycles. The molecule has 30 heavy (non-hydrogen) atoms. The summed E-state index contributed by atoms with van der Waals surface area (Å²) in [5, 5.41) is 0. The summed E-state index contributed by atoms with van der Waals surface area (Å²) in [6, 6.07) is 3.42. The smallest absolute Gasteiger partial charge is 0.269 e. The van der Waals surface area contributed by atoms with Crippen LogP contribution in [-0.4, -0.2) is 16.8 Å². The maximum atomic E-state index is 12.2. The summed E-state index contributed by atoms with van der Waals surface area (Å²) in [6.07, 6.45) is 18.8. The van der Waals surface area contributed by atoms with Gasteiger partial charge in [0, 0.05) is 23.9 Å². The fraction of sp³-hybridized carbons (Fsp3) is 0.720. The van der Waals surface area contributed by atoms with Crippen molar-refractivity contribution in [2.75, 3.05) is 0 Å². The van der Waals surface area contributed by atoms with Crippen LogP contribution < -0.4 is 10.9 Å². The average Bonchev–Trinajstić information content (AvgIpc) is 2.75. The largest absolute Gasteiger partial charge is 0.273 e. The fourth-order valence-electron chi connectivity index (χ4n) is 3.47. The highest BCUT2D eigenvalue weighted by atomic mass is 16.2. The van der Waals surface area contributed by atoms with Gasteiger partial charge >= 0.3 is 0 Å². The molecule has 0 aromatic carbocycles. The van der Waals surface area contributed by atoms with Gasteiger partial charge in [-0.25, -0.2) is 0 Å². The Morgan fingerprint density at radius 2 is 1.37 bits per heavy atom. The van der Waals surface area contributed by atoms with E-state index in [4.69, 9.17) is 0 Å². The summed E-state index contributed by atoms with van der Waals surface area (Å²) in [6.45, 7) is 6.32. The molecule has 170 valence electrons. The molecule has 1 heterocycles. The predicted molar refractivity (Wildman–Crippen MR) is 124 cm³/mol.